The number of nitriles is 2. The molecule has 36 heavy (non-hydrogen) atoms. The number of rotatable bonds is 5. The summed E-state index contributed by atoms with van der Waals surface area (Å²) in [7, 11) is 1.78. The first-order chi connectivity index (χ1) is 17.2. The van der Waals surface area contributed by atoms with Crippen LogP contribution in [0.1, 0.15) is 68.2 Å². The number of aromatic amines is 1. The molecule has 2 aromatic heterocycles. The van der Waals surface area contributed by atoms with Gasteiger partial charge in [-0.15, -0.1) is 0 Å². The zero-order chi connectivity index (χ0) is 26.3. The van der Waals surface area contributed by atoms with E-state index in [1.807, 2.05) is 20.8 Å². The Balaban J connectivity index is 1.91. The summed E-state index contributed by atoms with van der Waals surface area (Å²) < 4.78 is 17.6. The number of hydrogen-bond donors (Lipinski definition) is 2. The molecule has 0 unspecified atom stereocenters. The Morgan fingerprint density at radius 3 is 2.44 bits per heavy atom. The van der Waals surface area contributed by atoms with E-state index in [-0.39, 0.29) is 17.4 Å². The molecule has 0 atom stereocenters. The molecule has 3 aromatic rings. The van der Waals surface area contributed by atoms with Gasteiger partial charge in [-0.05, 0) is 46.2 Å². The third kappa shape index (κ3) is 3.72. The molecule has 4 rings (SSSR count). The predicted molar refractivity (Wildman–Crippen MR) is 133 cm³/mol. The van der Waals surface area contributed by atoms with Gasteiger partial charge in [0.1, 0.15) is 11.5 Å². The van der Waals surface area contributed by atoms with Crippen molar-refractivity contribution in [1.82, 2.24) is 24.9 Å². The molecule has 0 saturated heterocycles. The van der Waals surface area contributed by atoms with E-state index in [2.05, 4.69) is 32.8 Å². The molecule has 10 heteroatoms. The summed E-state index contributed by atoms with van der Waals surface area (Å²) in [4.78, 5) is 14.8. The van der Waals surface area contributed by atoms with Gasteiger partial charge in [-0.25, -0.2) is 4.39 Å². The standard InChI is InChI=1S/C26H27FN8O/c1-7-16-23(27)17(22-19(11-28)14(4)34(6)15(5)20(22)12-29)10-18-24(16)32-33-25(18)31-26(36)21-8-9-30-35(21)13(2)3/h8-10,13,22H,7H2,1-6H3,(H2,31,32,33,36). The van der Waals surface area contributed by atoms with Crippen LogP contribution in [0.2, 0.25) is 0 Å². The van der Waals surface area contributed by atoms with Gasteiger partial charge < -0.3 is 10.2 Å². The number of aryl methyl sites for hydroxylation is 1. The number of amides is 1. The molecule has 0 bridgehead atoms. The van der Waals surface area contributed by atoms with Gasteiger partial charge in [0.15, 0.2) is 5.82 Å². The molecule has 9 nitrogen and oxygen atoms in total. The maximum absolute atomic E-state index is 16.0. The lowest BCUT2D eigenvalue weighted by atomic mass is 9.79. The summed E-state index contributed by atoms with van der Waals surface area (Å²) >= 11 is 0. The molecule has 184 valence electrons. The van der Waals surface area contributed by atoms with Crippen LogP contribution in [0.3, 0.4) is 0 Å². The molecule has 1 aromatic carbocycles. The van der Waals surface area contributed by atoms with Crippen molar-refractivity contribution in [3.8, 4) is 12.1 Å². The number of benzene rings is 1. The predicted octanol–water partition coefficient (Wildman–Crippen LogP) is 4.92. The summed E-state index contributed by atoms with van der Waals surface area (Å²) in [5.74, 6) is -1.54. The first kappa shape index (κ1) is 24.7. The van der Waals surface area contributed by atoms with Crippen molar-refractivity contribution in [2.24, 2.45) is 0 Å². The first-order valence-electron chi connectivity index (χ1n) is 11.7. The number of carbonyl (C=O) groups excluding carboxylic acids is 1. The van der Waals surface area contributed by atoms with E-state index in [0.717, 1.165) is 0 Å². The van der Waals surface area contributed by atoms with Gasteiger partial charge in [-0.3, -0.25) is 14.6 Å². The Morgan fingerprint density at radius 2 is 1.89 bits per heavy atom. The highest BCUT2D eigenvalue weighted by molar-refractivity contribution is 6.07. The van der Waals surface area contributed by atoms with Gasteiger partial charge in [0.05, 0.1) is 34.7 Å². The van der Waals surface area contributed by atoms with Gasteiger partial charge in [0, 0.05) is 47.2 Å². The zero-order valence-corrected chi connectivity index (χ0v) is 21.1. The molecule has 0 saturated carbocycles. The largest absolute Gasteiger partial charge is 0.350 e. The second-order valence-corrected chi connectivity index (χ2v) is 9.03. The van der Waals surface area contributed by atoms with Crippen LogP contribution in [0.5, 0.6) is 0 Å². The Kier molecular flexibility index (Phi) is 6.38. The molecule has 0 spiro atoms. The highest BCUT2D eigenvalue weighted by Crippen LogP contribution is 2.43. The minimum atomic E-state index is -0.869. The fraction of sp³-hybridized carbons (Fsp3) is 0.346. The Morgan fingerprint density at radius 1 is 1.25 bits per heavy atom. The quantitative estimate of drug-likeness (QED) is 0.527. The number of fused-ring (bicyclic) bond motifs is 1. The minimum Gasteiger partial charge on any atom is -0.350 e. The first-order valence-corrected chi connectivity index (χ1v) is 11.7. The van der Waals surface area contributed by atoms with Crippen LogP contribution in [0.25, 0.3) is 10.9 Å². The molecule has 1 amide bonds. The Hall–Kier alpha value is -4.44. The molecule has 0 fully saturated rings. The normalized spacial score (nSPS) is 14.6. The van der Waals surface area contributed by atoms with E-state index in [9.17, 15) is 15.3 Å². The van der Waals surface area contributed by atoms with Crippen LogP contribution in [0, 0.1) is 28.5 Å². The number of carbonyl (C=O) groups is 1. The van der Waals surface area contributed by atoms with Gasteiger partial charge in [-0.1, -0.05) is 6.92 Å². The third-order valence-corrected chi connectivity index (χ3v) is 6.82. The number of H-pyrrole nitrogens is 1. The van der Waals surface area contributed by atoms with Crippen molar-refractivity contribution in [3.63, 3.8) is 0 Å². The maximum Gasteiger partial charge on any atom is 0.275 e. The van der Waals surface area contributed by atoms with E-state index in [4.69, 9.17) is 0 Å². The van der Waals surface area contributed by atoms with Crippen molar-refractivity contribution in [3.05, 3.63) is 63.5 Å². The lowest BCUT2D eigenvalue weighted by molar-refractivity contribution is 0.101. The molecule has 1 aliphatic heterocycles. The van der Waals surface area contributed by atoms with Gasteiger partial charge in [-0.2, -0.15) is 20.7 Å². The number of allylic oxidation sites excluding steroid dienone is 4. The topological polar surface area (TPSA) is 126 Å². The van der Waals surface area contributed by atoms with Gasteiger partial charge in [0.25, 0.3) is 5.91 Å². The second-order valence-electron chi connectivity index (χ2n) is 9.03. The summed E-state index contributed by atoms with van der Waals surface area (Å²) in [6.45, 7) is 9.21. The molecule has 2 N–H and O–H groups in total. The molecular weight excluding hydrogens is 459 g/mol. The Labute approximate surface area is 208 Å². The van der Waals surface area contributed by atoms with E-state index in [1.54, 1.807) is 48.8 Å². The highest BCUT2D eigenvalue weighted by Gasteiger charge is 2.35. The Bertz CT molecular complexity index is 1490. The fourth-order valence-corrected chi connectivity index (χ4v) is 4.72. The average molecular weight is 487 g/mol. The van der Waals surface area contributed by atoms with Crippen molar-refractivity contribution < 1.29 is 9.18 Å². The van der Waals surface area contributed by atoms with Gasteiger partial charge in [0.2, 0.25) is 0 Å². The number of nitrogens with zero attached hydrogens (tertiary/aromatic N) is 6. The summed E-state index contributed by atoms with van der Waals surface area (Å²) in [5.41, 5.74) is 3.29. The molecular formula is C26H27FN8O. The van der Waals surface area contributed by atoms with Crippen LogP contribution < -0.4 is 5.32 Å². The molecule has 1 aliphatic rings. The second kappa shape index (κ2) is 9.31. The van der Waals surface area contributed by atoms with E-state index in [1.165, 1.54) is 0 Å². The van der Waals surface area contributed by atoms with Crippen molar-refractivity contribution in [2.45, 2.75) is 53.0 Å². The number of nitrogens with one attached hydrogen (secondary N) is 2. The lowest BCUT2D eigenvalue weighted by Gasteiger charge is -2.33. The monoisotopic (exact) mass is 486 g/mol. The van der Waals surface area contributed by atoms with Crippen LogP contribution in [-0.4, -0.2) is 37.8 Å². The van der Waals surface area contributed by atoms with E-state index < -0.39 is 17.6 Å². The van der Waals surface area contributed by atoms with Crippen LogP contribution in [0.4, 0.5) is 10.2 Å². The highest BCUT2D eigenvalue weighted by atomic mass is 19.1. The van der Waals surface area contributed by atoms with Crippen molar-refractivity contribution in [2.75, 3.05) is 12.4 Å². The SMILES string of the molecule is CCc1c(F)c(C2C(C#N)=C(C)N(C)C(C)=C2C#N)cc2c(NC(=O)c3ccnn3C(C)C)n[nH]c12. The van der Waals surface area contributed by atoms with Gasteiger partial charge >= 0.3 is 0 Å². The summed E-state index contributed by atoms with van der Waals surface area (Å²) in [6.07, 6.45) is 1.89. The molecule has 3 heterocycles. The minimum absolute atomic E-state index is 0.0210. The van der Waals surface area contributed by atoms with E-state index in [0.29, 0.717) is 51.1 Å². The number of aromatic nitrogens is 4. The summed E-state index contributed by atoms with van der Waals surface area (Å²) in [5, 5.41) is 34.6. The van der Waals surface area contributed by atoms with Crippen LogP contribution >= 0.6 is 0 Å². The molecule has 0 radical (unpaired) electrons. The van der Waals surface area contributed by atoms with Crippen molar-refractivity contribution in [1.29, 1.82) is 10.5 Å². The van der Waals surface area contributed by atoms with Crippen molar-refractivity contribution >= 4 is 22.6 Å². The van der Waals surface area contributed by atoms with Crippen LogP contribution in [-0.2, 0) is 6.42 Å². The number of anilines is 1. The number of hydrogen-bond acceptors (Lipinski definition) is 6. The summed E-state index contributed by atoms with van der Waals surface area (Å²) in [6, 6.07) is 7.55. The third-order valence-electron chi connectivity index (χ3n) is 6.82. The van der Waals surface area contributed by atoms with Crippen LogP contribution in [0.15, 0.2) is 40.9 Å². The smallest absolute Gasteiger partial charge is 0.275 e. The maximum atomic E-state index is 16.0. The zero-order valence-electron chi connectivity index (χ0n) is 21.1. The number of halogens is 1. The molecule has 0 aliphatic carbocycles. The lowest BCUT2D eigenvalue weighted by Crippen LogP contribution is -2.26. The average Bonchev–Trinajstić information content (AvgIpc) is 3.50. The fourth-order valence-electron chi connectivity index (χ4n) is 4.72. The van der Waals surface area contributed by atoms with E-state index >= 15 is 4.39 Å².